The minimum absolute atomic E-state index is 0.0240. The predicted molar refractivity (Wildman–Crippen MR) is 132 cm³/mol. The van der Waals surface area contributed by atoms with Crippen LogP contribution in [0.2, 0.25) is 0 Å². The summed E-state index contributed by atoms with van der Waals surface area (Å²) in [5.74, 6) is -6.94. The first kappa shape index (κ1) is 30.4. The fourth-order valence-electron chi connectivity index (χ4n) is 4.36. The van der Waals surface area contributed by atoms with E-state index in [0.717, 1.165) is 4.90 Å². The van der Waals surface area contributed by atoms with Gasteiger partial charge in [0.15, 0.2) is 5.78 Å². The molecule has 1 heterocycles. The smallest absolute Gasteiger partial charge is 0.316 e. The van der Waals surface area contributed by atoms with Gasteiger partial charge in [-0.3, -0.25) is 24.0 Å². The molecule has 1 aromatic carbocycles. The maximum Gasteiger partial charge on any atom is 0.316 e. The van der Waals surface area contributed by atoms with Gasteiger partial charge in [0.2, 0.25) is 17.7 Å². The van der Waals surface area contributed by atoms with E-state index in [9.17, 15) is 44.1 Å². The van der Waals surface area contributed by atoms with Crippen molar-refractivity contribution in [3.63, 3.8) is 0 Å². The van der Waals surface area contributed by atoms with Crippen molar-refractivity contribution < 1.29 is 44.1 Å². The third-order valence-corrected chi connectivity index (χ3v) is 6.31. The molecule has 38 heavy (non-hydrogen) atoms. The van der Waals surface area contributed by atoms with E-state index in [1.807, 2.05) is 0 Å². The van der Waals surface area contributed by atoms with Crippen molar-refractivity contribution in [2.75, 3.05) is 6.54 Å². The molecule has 1 aliphatic heterocycles. The number of likely N-dealkylation sites (tertiary alicyclic amines) is 1. The maximum absolute atomic E-state index is 13.5. The Labute approximate surface area is 219 Å². The van der Waals surface area contributed by atoms with E-state index < -0.39 is 71.6 Å². The molecule has 0 bridgehead atoms. The number of aromatic hydroxyl groups is 1. The number of carbonyl (C=O) groups excluding carboxylic acids is 5. The van der Waals surface area contributed by atoms with E-state index in [2.05, 4.69) is 10.6 Å². The molecule has 1 fully saturated rings. The summed E-state index contributed by atoms with van der Waals surface area (Å²) in [6.45, 7) is 4.22. The highest BCUT2D eigenvalue weighted by Gasteiger charge is 2.47. The van der Waals surface area contributed by atoms with Gasteiger partial charge in [0.05, 0.1) is 18.2 Å². The number of carboxylic acids is 1. The van der Waals surface area contributed by atoms with Gasteiger partial charge in [-0.05, 0) is 23.6 Å². The lowest BCUT2D eigenvalue weighted by molar-refractivity contribution is -0.152. The Bertz CT molecular complexity index is 1060. The topological polar surface area (TPSA) is 216 Å². The fourth-order valence-corrected chi connectivity index (χ4v) is 4.36. The Kier molecular flexibility index (Phi) is 10.5. The normalized spacial score (nSPS) is 20.2. The van der Waals surface area contributed by atoms with Crippen LogP contribution >= 0.6 is 0 Å². The number of nitrogens with zero attached hydrogens (tertiary/aromatic N) is 1. The summed E-state index contributed by atoms with van der Waals surface area (Å²) < 4.78 is 0. The SMILES string of the molecule is CC(=O)N[C@@H](Cc1ccc(O)cc1)C(=O)N[C@H](C(=O)N1CC(O)C[C@H]1C(=O)C(C(=O)O)C(N)C=O)C(C)C. The highest BCUT2D eigenvalue weighted by Crippen LogP contribution is 2.25. The number of benzene rings is 1. The molecule has 1 aliphatic rings. The highest BCUT2D eigenvalue weighted by atomic mass is 16.4. The van der Waals surface area contributed by atoms with Gasteiger partial charge < -0.3 is 41.4 Å². The van der Waals surface area contributed by atoms with Crippen molar-refractivity contribution in [3.8, 4) is 5.75 Å². The first-order valence-electron chi connectivity index (χ1n) is 12.1. The summed E-state index contributed by atoms with van der Waals surface area (Å²) in [6.07, 6.45) is -1.21. The first-order valence-corrected chi connectivity index (χ1v) is 12.1. The molecule has 2 rings (SSSR count). The number of carboxylic acid groups (broad SMARTS) is 1. The number of aliphatic hydroxyl groups excluding tert-OH is 1. The van der Waals surface area contributed by atoms with Crippen LogP contribution in [0.5, 0.6) is 5.75 Å². The van der Waals surface area contributed by atoms with Crippen LogP contribution in [-0.2, 0) is 35.2 Å². The van der Waals surface area contributed by atoms with Crippen LogP contribution in [0.15, 0.2) is 24.3 Å². The number of aliphatic carboxylic acids is 1. The monoisotopic (exact) mass is 534 g/mol. The van der Waals surface area contributed by atoms with Crippen molar-refractivity contribution >= 4 is 35.8 Å². The van der Waals surface area contributed by atoms with Gasteiger partial charge >= 0.3 is 5.97 Å². The number of aldehydes is 1. The third kappa shape index (κ3) is 7.59. The predicted octanol–water partition coefficient (Wildman–Crippen LogP) is -1.66. The number of nitrogens with two attached hydrogens (primary N) is 1. The van der Waals surface area contributed by atoms with Crippen molar-refractivity contribution in [1.29, 1.82) is 0 Å². The van der Waals surface area contributed by atoms with E-state index >= 15 is 0 Å². The van der Waals surface area contributed by atoms with Gasteiger partial charge in [-0.25, -0.2) is 0 Å². The van der Waals surface area contributed by atoms with Gasteiger partial charge in [0.1, 0.15) is 30.0 Å². The zero-order valence-corrected chi connectivity index (χ0v) is 21.4. The minimum atomic E-state index is -1.92. The number of β-amino-alcohol motifs (C(OH)–C–C–N with tert-alkyl or cyclic N) is 1. The summed E-state index contributed by atoms with van der Waals surface area (Å²) in [6, 6.07) is 0.724. The zero-order chi connectivity index (χ0) is 28.7. The van der Waals surface area contributed by atoms with Crippen LogP contribution < -0.4 is 16.4 Å². The third-order valence-electron chi connectivity index (χ3n) is 6.31. The number of Topliss-reactive ketones (excluding diaryl/α,β-unsaturated/α-hetero) is 1. The number of aliphatic hydroxyl groups is 1. The number of phenolic OH excluding ortho intramolecular Hbond substituents is 1. The van der Waals surface area contributed by atoms with Crippen molar-refractivity contribution in [2.45, 2.75) is 63.9 Å². The summed E-state index contributed by atoms with van der Waals surface area (Å²) in [7, 11) is 0. The molecule has 0 aliphatic carbocycles. The molecule has 7 N–H and O–H groups in total. The van der Waals surface area contributed by atoms with Crippen LogP contribution in [0.3, 0.4) is 0 Å². The molecule has 13 heteroatoms. The van der Waals surface area contributed by atoms with Crippen LogP contribution in [0.4, 0.5) is 0 Å². The van der Waals surface area contributed by atoms with Gasteiger partial charge in [0, 0.05) is 26.3 Å². The second-order valence-corrected chi connectivity index (χ2v) is 9.68. The van der Waals surface area contributed by atoms with Crippen LogP contribution in [-0.4, -0.2) is 92.8 Å². The van der Waals surface area contributed by atoms with Crippen LogP contribution in [0.1, 0.15) is 32.8 Å². The fraction of sp³-hybridized carbons (Fsp3) is 0.520. The summed E-state index contributed by atoms with van der Waals surface area (Å²) in [5, 5.41) is 34.3. The second kappa shape index (κ2) is 13.1. The Morgan fingerprint density at radius 3 is 2.24 bits per heavy atom. The molecule has 6 atom stereocenters. The Hall–Kier alpha value is -3.84. The number of nitrogens with one attached hydrogen (secondary N) is 2. The molecule has 3 amide bonds. The van der Waals surface area contributed by atoms with Gasteiger partial charge in [-0.2, -0.15) is 0 Å². The molecular weight excluding hydrogens is 500 g/mol. The summed E-state index contributed by atoms with van der Waals surface area (Å²) in [4.78, 5) is 75.3. The van der Waals surface area contributed by atoms with E-state index in [1.54, 1.807) is 26.0 Å². The lowest BCUT2D eigenvalue weighted by Gasteiger charge is -2.32. The average molecular weight is 535 g/mol. The summed E-state index contributed by atoms with van der Waals surface area (Å²) in [5.41, 5.74) is 6.15. The van der Waals surface area contributed by atoms with Crippen LogP contribution in [0.25, 0.3) is 0 Å². The average Bonchev–Trinajstić information content (AvgIpc) is 3.23. The number of hydrogen-bond acceptors (Lipinski definition) is 9. The molecule has 0 spiro atoms. The molecule has 1 saturated heterocycles. The Morgan fingerprint density at radius 2 is 1.74 bits per heavy atom. The summed E-state index contributed by atoms with van der Waals surface area (Å²) >= 11 is 0. The maximum atomic E-state index is 13.5. The lowest BCUT2D eigenvalue weighted by Crippen LogP contribution is -2.58. The molecule has 1 aromatic rings. The van der Waals surface area contributed by atoms with E-state index in [4.69, 9.17) is 5.73 Å². The molecule has 208 valence electrons. The zero-order valence-electron chi connectivity index (χ0n) is 21.4. The molecule has 0 radical (unpaired) electrons. The van der Waals surface area contributed by atoms with Gasteiger partial charge in [-0.1, -0.05) is 26.0 Å². The van der Waals surface area contributed by atoms with Gasteiger partial charge in [-0.15, -0.1) is 0 Å². The van der Waals surface area contributed by atoms with Crippen molar-refractivity contribution in [1.82, 2.24) is 15.5 Å². The number of amides is 3. The second-order valence-electron chi connectivity index (χ2n) is 9.68. The van der Waals surface area contributed by atoms with Crippen molar-refractivity contribution in [2.24, 2.45) is 17.6 Å². The number of ketones is 1. The highest BCUT2D eigenvalue weighted by molar-refractivity contribution is 6.05. The van der Waals surface area contributed by atoms with E-state index in [-0.39, 0.29) is 31.4 Å². The number of phenols is 1. The molecule has 13 nitrogen and oxygen atoms in total. The lowest BCUT2D eigenvalue weighted by atomic mass is 9.90. The number of hydrogen-bond donors (Lipinski definition) is 6. The first-order chi connectivity index (χ1) is 17.8. The number of carbonyl (C=O) groups is 6. The number of rotatable bonds is 12. The molecule has 0 saturated carbocycles. The standard InChI is InChI=1S/C25H34N4O9/c1-12(2)21(28-23(35)18(27-13(3)31)8-14-4-6-15(32)7-5-14)24(36)29-10-16(33)9-19(29)22(34)20(25(37)38)17(26)11-30/h4-7,11-12,16-21,32-33H,8-10,26H2,1-3H3,(H,27,31)(H,28,35)(H,37,38)/t16?,17?,18-,19-,20?,21-/m0/s1. The minimum Gasteiger partial charge on any atom is -0.508 e. The molecular formula is C25H34N4O9. The Morgan fingerprint density at radius 1 is 1.13 bits per heavy atom. The van der Waals surface area contributed by atoms with E-state index in [0.29, 0.717) is 5.56 Å². The Balaban J connectivity index is 2.29. The van der Waals surface area contributed by atoms with Crippen molar-refractivity contribution in [3.05, 3.63) is 29.8 Å². The van der Waals surface area contributed by atoms with Gasteiger partial charge in [0.25, 0.3) is 0 Å². The van der Waals surface area contributed by atoms with Crippen LogP contribution in [0, 0.1) is 11.8 Å². The molecule has 3 unspecified atom stereocenters. The quantitative estimate of drug-likeness (QED) is 0.132. The van der Waals surface area contributed by atoms with E-state index in [1.165, 1.54) is 19.1 Å². The molecule has 0 aromatic heterocycles. The largest absolute Gasteiger partial charge is 0.508 e.